The van der Waals surface area contributed by atoms with Gasteiger partial charge in [-0.25, -0.2) is 4.79 Å². The first-order valence-corrected chi connectivity index (χ1v) is 4.28. The molecular weight excluding hydrogens is 156 g/mol. The average Bonchev–Trinajstić information content (AvgIpc) is 2.56. The summed E-state index contributed by atoms with van der Waals surface area (Å²) in [5.74, 6) is 0.485. The Morgan fingerprint density at radius 3 is 3.00 bits per heavy atom. The molecule has 4 heteroatoms. The van der Waals surface area contributed by atoms with Crippen LogP contribution in [0.2, 0.25) is 0 Å². The number of nitrogens with two attached hydrogens (primary N) is 1. The number of primary amides is 1. The largest absolute Gasteiger partial charge is 0.381 e. The maximum Gasteiger partial charge on any atom is 0.312 e. The Morgan fingerprint density at radius 1 is 1.75 bits per heavy atom. The van der Waals surface area contributed by atoms with Gasteiger partial charge >= 0.3 is 6.03 Å². The summed E-state index contributed by atoms with van der Waals surface area (Å²) in [5, 5.41) is 2.76. The predicted molar refractivity (Wildman–Crippen MR) is 43.5 cm³/mol. The van der Waals surface area contributed by atoms with Gasteiger partial charge in [-0.1, -0.05) is 6.92 Å². The van der Waals surface area contributed by atoms with E-state index in [1.54, 1.807) is 0 Å². The van der Waals surface area contributed by atoms with Crippen LogP contribution in [0.4, 0.5) is 4.79 Å². The fraction of sp³-hybridized carbons (Fsp3) is 0.875. The third-order valence-corrected chi connectivity index (χ3v) is 3.23. The van der Waals surface area contributed by atoms with Crippen molar-refractivity contribution in [2.45, 2.75) is 19.4 Å². The van der Waals surface area contributed by atoms with Crippen LogP contribution >= 0.6 is 0 Å². The number of amides is 2. The van der Waals surface area contributed by atoms with E-state index in [1.807, 2.05) is 0 Å². The van der Waals surface area contributed by atoms with Gasteiger partial charge < -0.3 is 15.8 Å². The summed E-state index contributed by atoms with van der Waals surface area (Å²) in [6.45, 7) is 3.76. The summed E-state index contributed by atoms with van der Waals surface area (Å²) in [6.07, 6.45) is 1.03. The summed E-state index contributed by atoms with van der Waals surface area (Å²) in [5.41, 5.74) is 5.31. The Kier molecular flexibility index (Phi) is 1.54. The van der Waals surface area contributed by atoms with Crippen LogP contribution in [0.15, 0.2) is 0 Å². The lowest BCUT2D eigenvalue weighted by Crippen LogP contribution is -2.34. The number of carbonyl (C=O) groups is 1. The molecule has 1 heterocycles. The molecule has 0 radical (unpaired) electrons. The molecule has 68 valence electrons. The van der Waals surface area contributed by atoms with Crippen LogP contribution in [-0.2, 0) is 4.74 Å². The van der Waals surface area contributed by atoms with E-state index in [0.29, 0.717) is 5.92 Å². The van der Waals surface area contributed by atoms with E-state index in [-0.39, 0.29) is 11.5 Å². The molecule has 0 spiro atoms. The molecule has 2 rings (SSSR count). The minimum Gasteiger partial charge on any atom is -0.381 e. The number of fused-ring (bicyclic) bond motifs is 1. The van der Waals surface area contributed by atoms with Gasteiger partial charge in [0, 0.05) is 18.6 Å². The van der Waals surface area contributed by atoms with E-state index in [4.69, 9.17) is 10.5 Å². The number of hydrogen-bond acceptors (Lipinski definition) is 2. The van der Waals surface area contributed by atoms with Crippen molar-refractivity contribution in [3.63, 3.8) is 0 Å². The lowest BCUT2D eigenvalue weighted by Gasteiger charge is -2.16. The van der Waals surface area contributed by atoms with E-state index < -0.39 is 6.03 Å². The molecule has 1 aliphatic carbocycles. The van der Waals surface area contributed by atoms with E-state index in [2.05, 4.69) is 12.2 Å². The second-order valence-corrected chi connectivity index (χ2v) is 3.92. The highest BCUT2D eigenvalue weighted by Gasteiger charge is 2.62. The predicted octanol–water partition coefficient (Wildman–Crippen LogP) is 0.0797. The highest BCUT2D eigenvalue weighted by molar-refractivity contribution is 5.72. The maximum atomic E-state index is 10.6. The molecule has 0 aromatic rings. The monoisotopic (exact) mass is 170 g/mol. The number of rotatable bonds is 1. The molecule has 0 unspecified atom stereocenters. The van der Waals surface area contributed by atoms with Gasteiger partial charge in [0.25, 0.3) is 0 Å². The van der Waals surface area contributed by atoms with Crippen LogP contribution in [0.25, 0.3) is 0 Å². The third kappa shape index (κ3) is 0.982. The quantitative estimate of drug-likeness (QED) is 0.585. The van der Waals surface area contributed by atoms with Crippen molar-refractivity contribution in [2.75, 3.05) is 13.2 Å². The molecule has 2 fully saturated rings. The number of hydrogen-bond donors (Lipinski definition) is 2. The van der Waals surface area contributed by atoms with Gasteiger partial charge in [0.15, 0.2) is 0 Å². The van der Waals surface area contributed by atoms with Crippen molar-refractivity contribution in [2.24, 2.45) is 17.1 Å². The standard InChI is InChI=1S/C8H14N2O2/c1-8-2-3-12-4-5(8)6(8)10-7(9)11/h5-6H,2-4H2,1H3,(H3,9,10,11)/t5-,6-,8-/m0/s1. The summed E-state index contributed by atoms with van der Waals surface area (Å²) < 4.78 is 5.31. The fourth-order valence-electron chi connectivity index (χ4n) is 2.21. The van der Waals surface area contributed by atoms with E-state index in [1.165, 1.54) is 0 Å². The van der Waals surface area contributed by atoms with Gasteiger partial charge in [-0.15, -0.1) is 0 Å². The molecule has 1 saturated heterocycles. The Balaban J connectivity index is 1.98. The fourth-order valence-corrected chi connectivity index (χ4v) is 2.21. The Labute approximate surface area is 71.4 Å². The van der Waals surface area contributed by atoms with Crippen molar-refractivity contribution in [3.8, 4) is 0 Å². The number of nitrogens with one attached hydrogen (secondary N) is 1. The second-order valence-electron chi connectivity index (χ2n) is 3.92. The molecule has 3 atom stereocenters. The van der Waals surface area contributed by atoms with Gasteiger partial charge in [-0.05, 0) is 11.8 Å². The van der Waals surface area contributed by atoms with Crippen LogP contribution in [0.3, 0.4) is 0 Å². The van der Waals surface area contributed by atoms with Crippen LogP contribution in [0.1, 0.15) is 13.3 Å². The average molecular weight is 170 g/mol. The van der Waals surface area contributed by atoms with Crippen LogP contribution in [-0.4, -0.2) is 25.3 Å². The zero-order valence-electron chi connectivity index (χ0n) is 7.17. The summed E-state index contributed by atoms with van der Waals surface area (Å²) >= 11 is 0. The molecule has 2 amide bonds. The molecule has 2 aliphatic rings. The molecule has 1 saturated carbocycles. The van der Waals surface area contributed by atoms with Gasteiger partial charge in [0.1, 0.15) is 0 Å². The van der Waals surface area contributed by atoms with Gasteiger partial charge in [0.2, 0.25) is 0 Å². The van der Waals surface area contributed by atoms with E-state index >= 15 is 0 Å². The number of ether oxygens (including phenoxy) is 1. The van der Waals surface area contributed by atoms with Gasteiger partial charge in [-0.3, -0.25) is 0 Å². The lowest BCUT2D eigenvalue weighted by molar-refractivity contribution is 0.0667. The van der Waals surface area contributed by atoms with Gasteiger partial charge in [0.05, 0.1) is 6.61 Å². The molecule has 12 heavy (non-hydrogen) atoms. The Hall–Kier alpha value is -0.770. The molecule has 0 aromatic heterocycles. The lowest BCUT2D eigenvalue weighted by atomic mass is 10.0. The zero-order chi connectivity index (χ0) is 8.77. The topological polar surface area (TPSA) is 64.3 Å². The summed E-state index contributed by atoms with van der Waals surface area (Å²) in [6, 6.07) is -0.173. The first-order valence-electron chi connectivity index (χ1n) is 4.28. The molecule has 3 N–H and O–H groups in total. The smallest absolute Gasteiger partial charge is 0.312 e. The molecule has 1 aliphatic heterocycles. The van der Waals surface area contributed by atoms with Gasteiger partial charge in [-0.2, -0.15) is 0 Å². The van der Waals surface area contributed by atoms with Crippen LogP contribution in [0, 0.1) is 11.3 Å². The number of carbonyl (C=O) groups excluding carboxylic acids is 1. The SMILES string of the molecule is C[C@]12CCOC[C@H]1[C@@H]2NC(N)=O. The minimum absolute atomic E-state index is 0.248. The second kappa shape index (κ2) is 2.36. The van der Waals surface area contributed by atoms with Crippen molar-refractivity contribution in [1.82, 2.24) is 5.32 Å². The van der Waals surface area contributed by atoms with E-state index in [0.717, 1.165) is 19.6 Å². The molecule has 0 bridgehead atoms. The first-order chi connectivity index (χ1) is 5.64. The van der Waals surface area contributed by atoms with Crippen molar-refractivity contribution in [3.05, 3.63) is 0 Å². The number of urea groups is 1. The van der Waals surface area contributed by atoms with Crippen molar-refractivity contribution in [1.29, 1.82) is 0 Å². The molecular formula is C8H14N2O2. The maximum absolute atomic E-state index is 10.6. The zero-order valence-corrected chi connectivity index (χ0v) is 7.17. The highest BCUT2D eigenvalue weighted by Crippen LogP contribution is 2.56. The first kappa shape index (κ1) is 7.86. The molecule has 0 aromatic carbocycles. The normalized spacial score (nSPS) is 44.8. The summed E-state index contributed by atoms with van der Waals surface area (Å²) in [4.78, 5) is 10.6. The van der Waals surface area contributed by atoms with Crippen LogP contribution in [0.5, 0.6) is 0 Å². The Morgan fingerprint density at radius 2 is 2.50 bits per heavy atom. The van der Waals surface area contributed by atoms with Crippen molar-refractivity contribution >= 4 is 6.03 Å². The summed E-state index contributed by atoms with van der Waals surface area (Å²) in [7, 11) is 0. The minimum atomic E-state index is -0.421. The van der Waals surface area contributed by atoms with Crippen LogP contribution < -0.4 is 11.1 Å². The van der Waals surface area contributed by atoms with Crippen molar-refractivity contribution < 1.29 is 9.53 Å². The third-order valence-electron chi connectivity index (χ3n) is 3.23. The van der Waals surface area contributed by atoms with E-state index in [9.17, 15) is 4.79 Å². The highest BCUT2D eigenvalue weighted by atomic mass is 16.5. The molecule has 4 nitrogen and oxygen atoms in total. The Bertz CT molecular complexity index is 219.